The molecular weight excluding hydrogens is 220 g/mol. The minimum atomic E-state index is -0.757. The zero-order valence-corrected chi connectivity index (χ0v) is 11.3. The number of thioether (sulfide) groups is 1. The van der Waals surface area contributed by atoms with Gasteiger partial charge in [0, 0.05) is 10.5 Å². The van der Waals surface area contributed by atoms with E-state index in [4.69, 9.17) is 11.5 Å². The van der Waals surface area contributed by atoms with Crippen molar-refractivity contribution in [2.24, 2.45) is 17.4 Å². The third-order valence-corrected chi connectivity index (χ3v) is 5.34. The first-order chi connectivity index (χ1) is 7.35. The number of hydrogen-bond acceptors (Lipinski definition) is 3. The Morgan fingerprint density at radius 3 is 2.56 bits per heavy atom. The second kappa shape index (κ2) is 5.41. The van der Waals surface area contributed by atoms with Crippen LogP contribution in [0.25, 0.3) is 0 Å². The largest absolute Gasteiger partial charge is 0.368 e. The molecule has 3 atom stereocenters. The number of carbonyl (C=O) groups excluding carboxylic acids is 1. The summed E-state index contributed by atoms with van der Waals surface area (Å²) in [4.78, 5) is 11.3. The Morgan fingerprint density at radius 1 is 1.44 bits per heavy atom. The lowest BCUT2D eigenvalue weighted by molar-refractivity contribution is -0.124. The maximum absolute atomic E-state index is 11.3. The molecule has 1 aliphatic rings. The quantitative estimate of drug-likeness (QED) is 0.793. The topological polar surface area (TPSA) is 69.1 Å². The number of rotatable bonds is 4. The van der Waals surface area contributed by atoms with E-state index in [0.717, 1.165) is 25.7 Å². The van der Waals surface area contributed by atoms with Crippen molar-refractivity contribution in [1.82, 2.24) is 0 Å². The highest BCUT2D eigenvalue weighted by Gasteiger charge is 2.38. The molecule has 1 saturated carbocycles. The number of nitrogens with two attached hydrogens (primary N) is 2. The van der Waals surface area contributed by atoms with E-state index < -0.39 is 5.54 Å². The van der Waals surface area contributed by atoms with Gasteiger partial charge in [0.1, 0.15) is 0 Å². The predicted molar refractivity (Wildman–Crippen MR) is 70.3 cm³/mol. The van der Waals surface area contributed by atoms with E-state index in [1.807, 2.05) is 11.8 Å². The fraction of sp³-hybridized carbons (Fsp3) is 0.917. The van der Waals surface area contributed by atoms with Gasteiger partial charge in [-0.15, -0.1) is 0 Å². The summed E-state index contributed by atoms with van der Waals surface area (Å²) in [6.45, 7) is 6.70. The maximum atomic E-state index is 11.3. The summed E-state index contributed by atoms with van der Waals surface area (Å²) in [5.74, 6) is 0.322. The molecule has 0 aromatic carbocycles. The number of amides is 1. The van der Waals surface area contributed by atoms with Gasteiger partial charge in [0.2, 0.25) is 5.91 Å². The van der Waals surface area contributed by atoms with Crippen LogP contribution in [0.5, 0.6) is 0 Å². The molecule has 94 valence electrons. The Labute approximate surface area is 103 Å². The van der Waals surface area contributed by atoms with Gasteiger partial charge >= 0.3 is 0 Å². The zero-order chi connectivity index (χ0) is 12.3. The van der Waals surface area contributed by atoms with Crippen LogP contribution in [0.3, 0.4) is 0 Å². The van der Waals surface area contributed by atoms with Gasteiger partial charge in [-0.25, -0.2) is 0 Å². The van der Waals surface area contributed by atoms with E-state index in [2.05, 4.69) is 20.8 Å². The number of hydrogen-bond donors (Lipinski definition) is 2. The van der Waals surface area contributed by atoms with E-state index in [1.54, 1.807) is 0 Å². The summed E-state index contributed by atoms with van der Waals surface area (Å²) >= 11 is 1.96. The molecule has 1 rings (SSSR count). The van der Waals surface area contributed by atoms with Crippen molar-refractivity contribution in [1.29, 1.82) is 0 Å². The van der Waals surface area contributed by atoms with Gasteiger partial charge in [-0.2, -0.15) is 11.8 Å². The van der Waals surface area contributed by atoms with Crippen LogP contribution in [-0.2, 0) is 4.79 Å². The average Bonchev–Trinajstić information content (AvgIpc) is 2.17. The second-order valence-electron chi connectivity index (χ2n) is 5.32. The molecule has 4 heteroatoms. The Balaban J connectivity index is 2.54. The summed E-state index contributed by atoms with van der Waals surface area (Å²) in [5, 5.41) is 1.10. The molecule has 3 unspecified atom stereocenters. The molecular formula is C12H24N2OS. The van der Waals surface area contributed by atoms with E-state index in [0.29, 0.717) is 16.4 Å². The predicted octanol–water partition coefficient (Wildman–Crippen LogP) is 1.89. The van der Waals surface area contributed by atoms with Gasteiger partial charge in [0.25, 0.3) is 0 Å². The summed E-state index contributed by atoms with van der Waals surface area (Å²) in [6.07, 6.45) is 3.66. The smallest absolute Gasteiger partial charge is 0.237 e. The summed E-state index contributed by atoms with van der Waals surface area (Å²) < 4.78 is 0. The Bertz CT molecular complexity index is 257. The molecule has 0 aliphatic heterocycles. The van der Waals surface area contributed by atoms with Crippen molar-refractivity contribution in [3.05, 3.63) is 0 Å². The van der Waals surface area contributed by atoms with Crippen molar-refractivity contribution in [2.75, 3.05) is 0 Å². The lowest BCUT2D eigenvalue weighted by atomic mass is 9.82. The zero-order valence-electron chi connectivity index (χ0n) is 10.5. The molecule has 0 aromatic rings. The minimum Gasteiger partial charge on any atom is -0.368 e. The van der Waals surface area contributed by atoms with Crippen LogP contribution in [0.4, 0.5) is 0 Å². The molecule has 0 saturated heterocycles. The molecule has 0 spiro atoms. The Morgan fingerprint density at radius 2 is 2.06 bits per heavy atom. The highest BCUT2D eigenvalue weighted by molar-refractivity contribution is 8.00. The van der Waals surface area contributed by atoms with Crippen LogP contribution in [0.15, 0.2) is 0 Å². The first kappa shape index (κ1) is 13.8. The molecule has 3 nitrogen and oxygen atoms in total. The van der Waals surface area contributed by atoms with Gasteiger partial charge in [0.05, 0.1) is 5.54 Å². The van der Waals surface area contributed by atoms with Gasteiger partial charge in [-0.3, -0.25) is 4.79 Å². The molecule has 16 heavy (non-hydrogen) atoms. The fourth-order valence-corrected chi connectivity index (χ4v) is 3.67. The van der Waals surface area contributed by atoms with Crippen LogP contribution in [-0.4, -0.2) is 21.9 Å². The highest BCUT2D eigenvalue weighted by atomic mass is 32.2. The van der Waals surface area contributed by atoms with Gasteiger partial charge in [-0.05, 0) is 31.6 Å². The lowest BCUT2D eigenvalue weighted by Gasteiger charge is -2.36. The molecule has 0 radical (unpaired) electrons. The Kier molecular flexibility index (Phi) is 4.68. The maximum Gasteiger partial charge on any atom is 0.237 e. The number of carbonyl (C=O) groups is 1. The molecule has 1 aliphatic carbocycles. The fourth-order valence-electron chi connectivity index (χ4n) is 2.06. The summed E-state index contributed by atoms with van der Waals surface area (Å²) in [6, 6.07) is 0. The molecule has 0 heterocycles. The van der Waals surface area contributed by atoms with Gasteiger partial charge in [0.15, 0.2) is 0 Å². The van der Waals surface area contributed by atoms with Crippen molar-refractivity contribution in [2.45, 2.75) is 62.5 Å². The normalized spacial score (nSPS) is 32.7. The molecule has 1 fully saturated rings. The third-order valence-electron chi connectivity index (χ3n) is 3.58. The monoisotopic (exact) mass is 244 g/mol. The molecule has 1 amide bonds. The lowest BCUT2D eigenvalue weighted by Crippen LogP contribution is -2.55. The second-order valence-corrected chi connectivity index (χ2v) is 7.01. The van der Waals surface area contributed by atoms with Crippen LogP contribution in [0.1, 0.15) is 46.5 Å². The minimum absolute atomic E-state index is 0.338. The van der Waals surface area contributed by atoms with E-state index in [9.17, 15) is 4.79 Å². The molecule has 4 N–H and O–H groups in total. The van der Waals surface area contributed by atoms with Gasteiger partial charge in [-0.1, -0.05) is 20.8 Å². The standard InChI is InChI=1S/C12H24N2OS/c1-8(2)9(3)16-10-5-4-6-12(14,7-10)11(13)15/h8-10H,4-7,14H2,1-3H3,(H2,13,15). The van der Waals surface area contributed by atoms with Crippen molar-refractivity contribution in [3.8, 4) is 0 Å². The van der Waals surface area contributed by atoms with Crippen LogP contribution in [0.2, 0.25) is 0 Å². The molecule has 0 bridgehead atoms. The first-order valence-electron chi connectivity index (χ1n) is 6.09. The van der Waals surface area contributed by atoms with E-state index in [1.165, 1.54) is 0 Å². The van der Waals surface area contributed by atoms with Crippen LogP contribution < -0.4 is 11.5 Å². The highest BCUT2D eigenvalue weighted by Crippen LogP contribution is 2.36. The van der Waals surface area contributed by atoms with E-state index >= 15 is 0 Å². The molecule has 0 aromatic heterocycles. The van der Waals surface area contributed by atoms with Crippen molar-refractivity contribution >= 4 is 17.7 Å². The Hall–Kier alpha value is -0.220. The van der Waals surface area contributed by atoms with Crippen LogP contribution in [0, 0.1) is 5.92 Å². The SMILES string of the molecule is CC(C)C(C)SC1CCCC(N)(C(N)=O)C1. The van der Waals surface area contributed by atoms with E-state index in [-0.39, 0.29) is 5.91 Å². The van der Waals surface area contributed by atoms with Crippen molar-refractivity contribution < 1.29 is 4.79 Å². The average molecular weight is 244 g/mol. The first-order valence-corrected chi connectivity index (χ1v) is 7.03. The van der Waals surface area contributed by atoms with Crippen molar-refractivity contribution in [3.63, 3.8) is 0 Å². The third kappa shape index (κ3) is 3.39. The summed E-state index contributed by atoms with van der Waals surface area (Å²) in [5.41, 5.74) is 10.7. The van der Waals surface area contributed by atoms with Gasteiger partial charge < -0.3 is 11.5 Å². The number of primary amides is 1. The van der Waals surface area contributed by atoms with Crippen LogP contribution >= 0.6 is 11.8 Å². The summed E-state index contributed by atoms with van der Waals surface area (Å²) in [7, 11) is 0.